The maximum Gasteiger partial charge on any atom is 0.153 e. The molecule has 0 aromatic heterocycles. The highest BCUT2D eigenvalue weighted by Crippen LogP contribution is 2.48. The van der Waals surface area contributed by atoms with Crippen molar-refractivity contribution in [3.63, 3.8) is 0 Å². The van der Waals surface area contributed by atoms with Gasteiger partial charge in [0.1, 0.15) is 28.7 Å². The summed E-state index contributed by atoms with van der Waals surface area (Å²) in [5, 5.41) is 54.1. The van der Waals surface area contributed by atoms with Crippen LogP contribution in [0.1, 0.15) is 42.4 Å². The zero-order valence-corrected chi connectivity index (χ0v) is 17.1. The molecule has 2 aliphatic rings. The van der Waals surface area contributed by atoms with E-state index in [0.717, 1.165) is 17.5 Å². The van der Waals surface area contributed by atoms with E-state index in [0.29, 0.717) is 49.4 Å². The first kappa shape index (κ1) is 20.5. The van der Waals surface area contributed by atoms with Gasteiger partial charge in [-0.25, -0.2) is 0 Å². The van der Waals surface area contributed by atoms with Crippen LogP contribution in [0.5, 0.6) is 28.7 Å². The van der Waals surface area contributed by atoms with Gasteiger partial charge in [-0.3, -0.25) is 0 Å². The molecule has 2 aromatic rings. The molecule has 0 saturated heterocycles. The Hall–Kier alpha value is -2.80. The smallest absolute Gasteiger partial charge is 0.153 e. The molecule has 30 heavy (non-hydrogen) atoms. The average molecular weight is 415 g/mol. The van der Waals surface area contributed by atoms with Crippen LogP contribution in [-0.2, 0) is 12.8 Å². The molecule has 4 rings (SSSR count). The number of phenolic OH excluding ortho intramolecular Hbond substituents is 4. The van der Waals surface area contributed by atoms with Crippen molar-refractivity contribution in [1.82, 2.24) is 0 Å². The predicted octanol–water partition coefficient (Wildman–Crippen LogP) is 3.22. The second-order valence-corrected chi connectivity index (χ2v) is 8.43. The molecule has 7 heteroatoms. The third-order valence-electron chi connectivity index (χ3n) is 6.51. The number of phenols is 4. The van der Waals surface area contributed by atoms with Gasteiger partial charge in [0.2, 0.25) is 0 Å². The van der Waals surface area contributed by atoms with Crippen LogP contribution in [0.3, 0.4) is 0 Å². The molecular formula is C23H29NO6. The molecule has 0 bridgehead atoms. The summed E-state index contributed by atoms with van der Waals surface area (Å²) in [7, 11) is 0. The van der Waals surface area contributed by atoms with Crippen molar-refractivity contribution in [2.75, 3.05) is 25.1 Å². The lowest BCUT2D eigenvalue weighted by Crippen LogP contribution is -2.33. The highest BCUT2D eigenvalue weighted by Gasteiger charge is 2.36. The predicted molar refractivity (Wildman–Crippen MR) is 113 cm³/mol. The monoisotopic (exact) mass is 415 g/mol. The van der Waals surface area contributed by atoms with E-state index in [1.54, 1.807) is 6.07 Å². The molecule has 0 amide bonds. The molecule has 0 radical (unpaired) electrons. The Kier molecular flexibility index (Phi) is 5.56. The first-order valence-electron chi connectivity index (χ1n) is 10.5. The summed E-state index contributed by atoms with van der Waals surface area (Å²) in [5.41, 5.74) is 2.78. The van der Waals surface area contributed by atoms with Crippen molar-refractivity contribution >= 4 is 5.69 Å². The number of aromatic hydroxyl groups is 4. The van der Waals surface area contributed by atoms with Crippen LogP contribution in [-0.4, -0.2) is 45.3 Å². The Bertz CT molecular complexity index is 944. The highest BCUT2D eigenvalue weighted by atomic mass is 16.5. The maximum absolute atomic E-state index is 10.6. The zero-order chi connectivity index (χ0) is 21.4. The summed E-state index contributed by atoms with van der Waals surface area (Å²) in [6.45, 7) is 3.07. The normalized spacial score (nSPS) is 22.7. The van der Waals surface area contributed by atoms with Crippen molar-refractivity contribution < 1.29 is 30.3 Å². The van der Waals surface area contributed by atoms with Gasteiger partial charge < -0.3 is 35.6 Å². The standard InChI is InChI=1S/C23H29NO6/c1-12-7-13-8-14(26)9-19(28)21(13)17(15(12)4-5-25)11-24-22-20(29)10-18(27)16-3-2-6-30-23(16)22/h8-10,12,15,17,24-29H,2-7,11H2,1H3. The van der Waals surface area contributed by atoms with Gasteiger partial charge in [-0.2, -0.15) is 0 Å². The lowest BCUT2D eigenvalue weighted by molar-refractivity contribution is 0.192. The average Bonchev–Trinajstić information content (AvgIpc) is 2.69. The molecule has 162 valence electrons. The lowest BCUT2D eigenvalue weighted by atomic mass is 9.68. The van der Waals surface area contributed by atoms with Crippen LogP contribution in [0, 0.1) is 11.8 Å². The van der Waals surface area contributed by atoms with Gasteiger partial charge >= 0.3 is 0 Å². The fourth-order valence-corrected chi connectivity index (χ4v) is 5.15. The van der Waals surface area contributed by atoms with Gasteiger partial charge in [-0.05, 0) is 49.1 Å². The minimum absolute atomic E-state index is 0.0238. The number of rotatable bonds is 5. The van der Waals surface area contributed by atoms with Crippen LogP contribution >= 0.6 is 0 Å². The largest absolute Gasteiger partial charge is 0.508 e. The van der Waals surface area contributed by atoms with E-state index in [9.17, 15) is 25.5 Å². The summed E-state index contributed by atoms with van der Waals surface area (Å²) in [6, 6.07) is 4.37. The van der Waals surface area contributed by atoms with Gasteiger partial charge in [0, 0.05) is 42.3 Å². The number of aliphatic hydroxyl groups is 1. The van der Waals surface area contributed by atoms with Crippen LogP contribution in [0.15, 0.2) is 18.2 Å². The number of benzene rings is 2. The molecule has 3 atom stereocenters. The third kappa shape index (κ3) is 3.58. The minimum atomic E-state index is -0.135. The molecule has 1 aliphatic heterocycles. The van der Waals surface area contributed by atoms with Crippen molar-refractivity contribution in [3.8, 4) is 28.7 Å². The van der Waals surface area contributed by atoms with Gasteiger partial charge in [-0.1, -0.05) is 6.92 Å². The molecule has 1 aliphatic carbocycles. The molecule has 0 fully saturated rings. The number of ether oxygens (including phenoxy) is 1. The Morgan fingerprint density at radius 2 is 1.87 bits per heavy atom. The Morgan fingerprint density at radius 1 is 1.07 bits per heavy atom. The molecule has 1 heterocycles. The molecule has 6 N–H and O–H groups in total. The minimum Gasteiger partial charge on any atom is -0.508 e. The van der Waals surface area contributed by atoms with Gasteiger partial charge in [0.05, 0.1) is 6.61 Å². The molecule has 0 spiro atoms. The number of aliphatic hydroxyl groups excluding tert-OH is 1. The van der Waals surface area contributed by atoms with E-state index in [1.807, 2.05) is 0 Å². The third-order valence-corrected chi connectivity index (χ3v) is 6.51. The summed E-state index contributed by atoms with van der Waals surface area (Å²) >= 11 is 0. The highest BCUT2D eigenvalue weighted by molar-refractivity contribution is 5.72. The van der Waals surface area contributed by atoms with E-state index < -0.39 is 0 Å². The van der Waals surface area contributed by atoms with Crippen molar-refractivity contribution in [1.29, 1.82) is 0 Å². The summed E-state index contributed by atoms with van der Waals surface area (Å²) in [4.78, 5) is 0. The Labute approximate surface area is 175 Å². The van der Waals surface area contributed by atoms with Crippen LogP contribution in [0.4, 0.5) is 5.69 Å². The molecule has 7 nitrogen and oxygen atoms in total. The van der Waals surface area contributed by atoms with Crippen molar-refractivity contribution in [2.45, 2.75) is 38.5 Å². The van der Waals surface area contributed by atoms with E-state index in [2.05, 4.69) is 12.2 Å². The van der Waals surface area contributed by atoms with Crippen molar-refractivity contribution in [3.05, 3.63) is 34.9 Å². The van der Waals surface area contributed by atoms with Gasteiger partial charge in [0.15, 0.2) is 5.75 Å². The SMILES string of the molecule is CC1Cc2cc(O)cc(O)c2C(CNc2c(O)cc(O)c3c2OCCC3)C1CCO. The Balaban J connectivity index is 1.70. The fourth-order valence-electron chi connectivity index (χ4n) is 5.15. The number of nitrogens with one attached hydrogen (secondary N) is 1. The van der Waals surface area contributed by atoms with Crippen molar-refractivity contribution in [2.24, 2.45) is 11.8 Å². The molecule has 0 saturated carbocycles. The maximum atomic E-state index is 10.6. The second kappa shape index (κ2) is 8.14. The quantitative estimate of drug-likeness (QED) is 0.327. The Morgan fingerprint density at radius 3 is 2.63 bits per heavy atom. The number of hydrogen-bond acceptors (Lipinski definition) is 7. The van der Waals surface area contributed by atoms with E-state index in [-0.39, 0.29) is 47.4 Å². The van der Waals surface area contributed by atoms with Gasteiger partial charge in [0.25, 0.3) is 0 Å². The fraction of sp³-hybridized carbons (Fsp3) is 0.478. The molecular weight excluding hydrogens is 386 g/mol. The van der Waals surface area contributed by atoms with Crippen LogP contribution < -0.4 is 10.1 Å². The van der Waals surface area contributed by atoms with Crippen LogP contribution in [0.25, 0.3) is 0 Å². The second-order valence-electron chi connectivity index (χ2n) is 8.43. The topological polar surface area (TPSA) is 122 Å². The van der Waals surface area contributed by atoms with E-state index >= 15 is 0 Å². The summed E-state index contributed by atoms with van der Waals surface area (Å²) in [6.07, 6.45) is 2.77. The van der Waals surface area contributed by atoms with E-state index in [1.165, 1.54) is 12.1 Å². The number of hydrogen-bond donors (Lipinski definition) is 6. The van der Waals surface area contributed by atoms with E-state index in [4.69, 9.17) is 4.74 Å². The molecule has 3 unspecified atom stereocenters. The zero-order valence-electron chi connectivity index (χ0n) is 17.1. The molecule has 2 aromatic carbocycles. The number of fused-ring (bicyclic) bond motifs is 2. The lowest BCUT2D eigenvalue weighted by Gasteiger charge is -2.39. The first-order chi connectivity index (χ1) is 14.4. The summed E-state index contributed by atoms with van der Waals surface area (Å²) in [5.74, 6) is 0.698. The first-order valence-corrected chi connectivity index (χ1v) is 10.5. The van der Waals surface area contributed by atoms with Crippen LogP contribution in [0.2, 0.25) is 0 Å². The number of anilines is 1. The van der Waals surface area contributed by atoms with Gasteiger partial charge in [-0.15, -0.1) is 0 Å². The summed E-state index contributed by atoms with van der Waals surface area (Å²) < 4.78 is 5.76.